The number of β-amino-alcohol motifs (C(OH)–C–C–N with tert-alkyl or cyclic N) is 1. The normalized spacial score (nSPS) is 27.5. The van der Waals surface area contributed by atoms with E-state index in [-0.39, 0.29) is 0 Å². The Morgan fingerprint density at radius 1 is 1.69 bits per heavy atom. The fraction of sp³-hybridized carbons (Fsp3) is 1.00. The molecule has 0 spiro atoms. The quantitative estimate of drug-likeness (QED) is 0.619. The Balaban J connectivity index is 2.25. The van der Waals surface area contributed by atoms with Crippen molar-refractivity contribution in [3.8, 4) is 0 Å². The molecule has 3 N–H and O–H groups in total. The highest BCUT2D eigenvalue weighted by Crippen LogP contribution is 2.12. The van der Waals surface area contributed by atoms with Crippen LogP contribution in [0.5, 0.6) is 0 Å². The zero-order valence-electron chi connectivity index (χ0n) is 8.28. The molecule has 4 heteroatoms. The smallest absolute Gasteiger partial charge is 0.0789 e. The van der Waals surface area contributed by atoms with Crippen molar-refractivity contribution in [1.82, 2.24) is 4.90 Å². The van der Waals surface area contributed by atoms with Crippen LogP contribution in [0, 0.1) is 0 Å². The molecule has 0 aromatic carbocycles. The van der Waals surface area contributed by atoms with Gasteiger partial charge in [-0.05, 0) is 19.4 Å². The van der Waals surface area contributed by atoms with Crippen LogP contribution in [-0.2, 0) is 4.74 Å². The number of nitrogens with zero attached hydrogens (tertiary/aromatic N) is 1. The maximum atomic E-state index is 9.36. The van der Waals surface area contributed by atoms with Crippen LogP contribution in [0.3, 0.4) is 0 Å². The lowest BCUT2D eigenvalue weighted by molar-refractivity contribution is 0.0145. The highest BCUT2D eigenvalue weighted by molar-refractivity contribution is 4.75. The Bertz CT molecular complexity index is 142. The van der Waals surface area contributed by atoms with Gasteiger partial charge in [-0.3, -0.25) is 4.90 Å². The summed E-state index contributed by atoms with van der Waals surface area (Å²) in [5, 5.41) is 9.36. The van der Waals surface area contributed by atoms with E-state index in [1.807, 2.05) is 0 Å². The first-order valence-electron chi connectivity index (χ1n) is 4.89. The Kier molecular flexibility index (Phi) is 4.66. The predicted molar refractivity (Wildman–Crippen MR) is 51.5 cm³/mol. The van der Waals surface area contributed by atoms with Crippen LogP contribution in [0.4, 0.5) is 0 Å². The number of hydrogen-bond donors (Lipinski definition) is 2. The SMILES string of the molecule is COC1CCCN(CC(O)CN)C1. The summed E-state index contributed by atoms with van der Waals surface area (Å²) in [5.41, 5.74) is 5.35. The van der Waals surface area contributed by atoms with Gasteiger partial charge < -0.3 is 15.6 Å². The van der Waals surface area contributed by atoms with Gasteiger partial charge in [0.25, 0.3) is 0 Å². The summed E-state index contributed by atoms with van der Waals surface area (Å²) in [6, 6.07) is 0. The number of rotatable bonds is 4. The molecule has 0 amide bonds. The predicted octanol–water partition coefficient (Wildman–Crippen LogP) is -0.583. The number of hydrogen-bond acceptors (Lipinski definition) is 4. The third-order valence-electron chi connectivity index (χ3n) is 2.54. The van der Waals surface area contributed by atoms with Crippen molar-refractivity contribution in [1.29, 1.82) is 0 Å². The van der Waals surface area contributed by atoms with Crippen LogP contribution in [0.1, 0.15) is 12.8 Å². The minimum atomic E-state index is -0.393. The number of piperidine rings is 1. The van der Waals surface area contributed by atoms with Gasteiger partial charge in [0.1, 0.15) is 0 Å². The molecule has 0 aliphatic carbocycles. The molecule has 0 saturated carbocycles. The van der Waals surface area contributed by atoms with Gasteiger partial charge >= 0.3 is 0 Å². The number of methoxy groups -OCH3 is 1. The molecule has 1 heterocycles. The highest BCUT2D eigenvalue weighted by atomic mass is 16.5. The van der Waals surface area contributed by atoms with Crippen molar-refractivity contribution in [3.63, 3.8) is 0 Å². The number of ether oxygens (including phenoxy) is 1. The van der Waals surface area contributed by atoms with Crippen LogP contribution >= 0.6 is 0 Å². The molecule has 0 bridgehead atoms. The molecule has 0 radical (unpaired) electrons. The Morgan fingerprint density at radius 2 is 2.46 bits per heavy atom. The minimum absolute atomic E-state index is 0.332. The van der Waals surface area contributed by atoms with Gasteiger partial charge in [-0.25, -0.2) is 0 Å². The first-order chi connectivity index (χ1) is 6.26. The molecule has 4 nitrogen and oxygen atoms in total. The van der Waals surface area contributed by atoms with Crippen LogP contribution < -0.4 is 5.73 Å². The van der Waals surface area contributed by atoms with Crippen LogP contribution in [0.2, 0.25) is 0 Å². The van der Waals surface area contributed by atoms with E-state index in [0.717, 1.165) is 25.9 Å². The second-order valence-electron chi connectivity index (χ2n) is 3.65. The van der Waals surface area contributed by atoms with Gasteiger partial charge in [-0.2, -0.15) is 0 Å². The van der Waals surface area contributed by atoms with Gasteiger partial charge in [-0.1, -0.05) is 0 Å². The maximum Gasteiger partial charge on any atom is 0.0789 e. The molecule has 13 heavy (non-hydrogen) atoms. The lowest BCUT2D eigenvalue weighted by atomic mass is 10.1. The summed E-state index contributed by atoms with van der Waals surface area (Å²) in [4.78, 5) is 2.22. The van der Waals surface area contributed by atoms with E-state index in [9.17, 15) is 5.11 Å². The molecule has 0 aromatic heterocycles. The molecule has 0 aromatic rings. The number of aliphatic hydroxyl groups excluding tert-OH is 1. The van der Waals surface area contributed by atoms with E-state index < -0.39 is 6.10 Å². The molecule has 2 unspecified atom stereocenters. The fourth-order valence-electron chi connectivity index (χ4n) is 1.74. The summed E-state index contributed by atoms with van der Waals surface area (Å²) < 4.78 is 5.28. The van der Waals surface area contributed by atoms with E-state index in [0.29, 0.717) is 19.2 Å². The van der Waals surface area contributed by atoms with E-state index in [4.69, 9.17) is 10.5 Å². The molecule has 1 saturated heterocycles. The van der Waals surface area contributed by atoms with Gasteiger partial charge in [0.15, 0.2) is 0 Å². The third-order valence-corrected chi connectivity index (χ3v) is 2.54. The first-order valence-corrected chi connectivity index (χ1v) is 4.89. The summed E-state index contributed by atoms with van der Waals surface area (Å²) in [5.74, 6) is 0. The van der Waals surface area contributed by atoms with Crippen molar-refractivity contribution >= 4 is 0 Å². The zero-order chi connectivity index (χ0) is 9.68. The molecule has 1 rings (SSSR count). The Labute approximate surface area is 79.7 Å². The lowest BCUT2D eigenvalue weighted by Gasteiger charge is -2.32. The third kappa shape index (κ3) is 3.60. The van der Waals surface area contributed by atoms with Crippen molar-refractivity contribution in [3.05, 3.63) is 0 Å². The number of aliphatic hydroxyl groups is 1. The van der Waals surface area contributed by atoms with Gasteiger partial charge in [-0.15, -0.1) is 0 Å². The lowest BCUT2D eigenvalue weighted by Crippen LogP contribution is -2.44. The summed E-state index contributed by atoms with van der Waals surface area (Å²) >= 11 is 0. The first kappa shape index (κ1) is 10.9. The van der Waals surface area contributed by atoms with E-state index in [1.54, 1.807) is 7.11 Å². The topological polar surface area (TPSA) is 58.7 Å². The monoisotopic (exact) mass is 188 g/mol. The Hall–Kier alpha value is -0.160. The van der Waals surface area contributed by atoms with Crippen molar-refractivity contribution in [2.75, 3.05) is 33.3 Å². The van der Waals surface area contributed by atoms with Gasteiger partial charge in [0, 0.05) is 26.7 Å². The minimum Gasteiger partial charge on any atom is -0.390 e. The van der Waals surface area contributed by atoms with Crippen molar-refractivity contribution < 1.29 is 9.84 Å². The van der Waals surface area contributed by atoms with E-state index in [2.05, 4.69) is 4.90 Å². The standard InChI is InChI=1S/C9H20N2O2/c1-13-9-3-2-4-11(7-9)6-8(12)5-10/h8-9,12H,2-7,10H2,1H3. The molecule has 2 atom stereocenters. The fourth-order valence-corrected chi connectivity index (χ4v) is 1.74. The summed E-state index contributed by atoms with van der Waals surface area (Å²) in [6.07, 6.45) is 2.22. The van der Waals surface area contributed by atoms with Crippen molar-refractivity contribution in [2.45, 2.75) is 25.0 Å². The number of nitrogens with two attached hydrogens (primary N) is 1. The number of likely N-dealkylation sites (tertiary alicyclic amines) is 1. The highest BCUT2D eigenvalue weighted by Gasteiger charge is 2.20. The van der Waals surface area contributed by atoms with Crippen LogP contribution in [-0.4, -0.2) is 55.5 Å². The molecular weight excluding hydrogens is 168 g/mol. The van der Waals surface area contributed by atoms with Gasteiger partial charge in [0.05, 0.1) is 12.2 Å². The molecule has 1 aliphatic heterocycles. The summed E-state index contributed by atoms with van der Waals surface area (Å²) in [7, 11) is 1.74. The Morgan fingerprint density at radius 3 is 3.08 bits per heavy atom. The van der Waals surface area contributed by atoms with Crippen LogP contribution in [0.15, 0.2) is 0 Å². The molecular formula is C9H20N2O2. The van der Waals surface area contributed by atoms with E-state index in [1.165, 1.54) is 0 Å². The van der Waals surface area contributed by atoms with E-state index >= 15 is 0 Å². The van der Waals surface area contributed by atoms with Gasteiger partial charge in [0.2, 0.25) is 0 Å². The average molecular weight is 188 g/mol. The average Bonchev–Trinajstić information content (AvgIpc) is 2.18. The second-order valence-corrected chi connectivity index (χ2v) is 3.65. The van der Waals surface area contributed by atoms with Crippen LogP contribution in [0.25, 0.3) is 0 Å². The second kappa shape index (κ2) is 5.54. The maximum absolute atomic E-state index is 9.36. The summed E-state index contributed by atoms with van der Waals surface area (Å²) in [6.45, 7) is 3.00. The largest absolute Gasteiger partial charge is 0.390 e. The van der Waals surface area contributed by atoms with Crippen molar-refractivity contribution in [2.24, 2.45) is 5.73 Å². The zero-order valence-corrected chi connectivity index (χ0v) is 8.28. The molecule has 1 aliphatic rings. The molecule has 1 fully saturated rings. The molecule has 78 valence electrons.